The van der Waals surface area contributed by atoms with Gasteiger partial charge >= 0.3 is 8.72 Å². The van der Waals surface area contributed by atoms with Gasteiger partial charge in [-0.3, -0.25) is 4.57 Å². The molecular weight excluding hydrogens is 206 g/mol. The van der Waals surface area contributed by atoms with Gasteiger partial charge < -0.3 is 8.85 Å². The van der Waals surface area contributed by atoms with Gasteiger partial charge in [0.15, 0.2) is 0 Å². The van der Waals surface area contributed by atoms with Crippen LogP contribution in [0.1, 0.15) is 34.1 Å². The van der Waals surface area contributed by atoms with Crippen LogP contribution in [0.5, 0.6) is 0 Å². The monoisotopic (exact) mass is 231 g/mol. The van der Waals surface area contributed by atoms with Crippen molar-refractivity contribution in [1.82, 2.24) is 4.57 Å². The molecule has 0 aliphatic carbocycles. The zero-order chi connectivity index (χ0) is 11.7. The van der Waals surface area contributed by atoms with E-state index in [1.54, 1.807) is 14.2 Å². The van der Waals surface area contributed by atoms with E-state index in [9.17, 15) is 0 Å². The van der Waals surface area contributed by atoms with Gasteiger partial charge in [-0.05, 0) is 18.4 Å². The molecule has 0 N–H and O–H groups in total. The fourth-order valence-electron chi connectivity index (χ4n) is 2.51. The third-order valence-electron chi connectivity index (χ3n) is 3.15. The maximum Gasteiger partial charge on any atom is 0.430 e. The highest BCUT2D eigenvalue weighted by Gasteiger charge is 2.53. The predicted molar refractivity (Wildman–Crippen MR) is 64.8 cm³/mol. The molecule has 1 aliphatic rings. The summed E-state index contributed by atoms with van der Waals surface area (Å²) in [5.41, 5.74) is 0.870. The van der Waals surface area contributed by atoms with Crippen LogP contribution in [0.25, 0.3) is 0 Å². The average molecular weight is 231 g/mol. The summed E-state index contributed by atoms with van der Waals surface area (Å²) in [6, 6.07) is 0. The minimum Gasteiger partial charge on any atom is -0.386 e. The first-order valence-electron chi connectivity index (χ1n) is 5.71. The minimum absolute atomic E-state index is 0.305. The van der Waals surface area contributed by atoms with Gasteiger partial charge in [0.25, 0.3) is 0 Å². The fourth-order valence-corrected chi connectivity index (χ4v) is 6.25. The van der Waals surface area contributed by atoms with Crippen LogP contribution in [0, 0.1) is 5.41 Å². The maximum atomic E-state index is 5.76. The third kappa shape index (κ3) is 2.61. The average Bonchev–Trinajstić information content (AvgIpc) is 2.42. The summed E-state index contributed by atoms with van der Waals surface area (Å²) >= 11 is 0. The zero-order valence-corrected chi connectivity index (χ0v) is 12.0. The first-order chi connectivity index (χ1) is 6.85. The highest BCUT2D eigenvalue weighted by atomic mass is 28.4. The predicted octanol–water partition coefficient (Wildman–Crippen LogP) is 2.36. The second-order valence-corrected chi connectivity index (χ2v) is 9.41. The van der Waals surface area contributed by atoms with Gasteiger partial charge in [0, 0.05) is 26.3 Å². The summed E-state index contributed by atoms with van der Waals surface area (Å²) in [4.78, 5) is 0. The molecule has 1 unspecified atom stereocenters. The van der Waals surface area contributed by atoms with Gasteiger partial charge in [-0.25, -0.2) is 0 Å². The quantitative estimate of drug-likeness (QED) is 0.696. The molecule has 0 aromatic heterocycles. The van der Waals surface area contributed by atoms with Crippen molar-refractivity contribution in [3.05, 3.63) is 0 Å². The van der Waals surface area contributed by atoms with E-state index in [0.717, 1.165) is 13.1 Å². The first kappa shape index (κ1) is 13.2. The van der Waals surface area contributed by atoms with Crippen LogP contribution in [0.4, 0.5) is 0 Å². The van der Waals surface area contributed by atoms with Gasteiger partial charge in [-0.2, -0.15) is 0 Å². The Morgan fingerprint density at radius 3 is 2.20 bits per heavy atom. The second-order valence-electron chi connectivity index (χ2n) is 5.71. The Morgan fingerprint density at radius 1 is 1.27 bits per heavy atom. The van der Waals surface area contributed by atoms with Crippen molar-refractivity contribution in [2.24, 2.45) is 5.41 Å². The molecule has 3 nitrogen and oxygen atoms in total. The molecule has 90 valence electrons. The second kappa shape index (κ2) is 4.53. The van der Waals surface area contributed by atoms with Gasteiger partial charge in [0.05, 0.1) is 0 Å². The van der Waals surface area contributed by atoms with Gasteiger partial charge in [-0.1, -0.05) is 27.7 Å². The molecule has 1 rings (SSSR count). The van der Waals surface area contributed by atoms with Crippen LogP contribution in [-0.2, 0) is 8.85 Å². The largest absolute Gasteiger partial charge is 0.430 e. The summed E-state index contributed by atoms with van der Waals surface area (Å²) in [6.45, 7) is 11.2. The number of rotatable bonds is 3. The molecule has 1 heterocycles. The van der Waals surface area contributed by atoms with Crippen molar-refractivity contribution < 1.29 is 8.85 Å². The lowest BCUT2D eigenvalue weighted by Gasteiger charge is -2.38. The molecule has 1 aliphatic heterocycles. The molecule has 1 fully saturated rings. The molecule has 0 radical (unpaired) electrons. The van der Waals surface area contributed by atoms with Crippen molar-refractivity contribution in [2.45, 2.75) is 39.7 Å². The zero-order valence-electron chi connectivity index (χ0n) is 11.0. The SMILES string of the molecule is CO[Si]1(OC)C(C)CCN1CC(C)(C)C. The highest BCUT2D eigenvalue weighted by molar-refractivity contribution is 6.66. The molecular formula is C11H25NO2Si. The van der Waals surface area contributed by atoms with E-state index in [4.69, 9.17) is 8.85 Å². The van der Waals surface area contributed by atoms with Gasteiger partial charge in [0.2, 0.25) is 0 Å². The smallest absolute Gasteiger partial charge is 0.386 e. The van der Waals surface area contributed by atoms with Crippen LogP contribution >= 0.6 is 0 Å². The van der Waals surface area contributed by atoms with E-state index in [1.165, 1.54) is 6.42 Å². The Labute approximate surface area is 95.1 Å². The van der Waals surface area contributed by atoms with E-state index in [0.29, 0.717) is 11.0 Å². The Balaban J connectivity index is 2.80. The molecule has 0 aromatic carbocycles. The van der Waals surface area contributed by atoms with E-state index < -0.39 is 8.72 Å². The van der Waals surface area contributed by atoms with Crippen molar-refractivity contribution >= 4 is 8.72 Å². The normalized spacial score (nSPS) is 27.2. The minimum atomic E-state index is -2.09. The topological polar surface area (TPSA) is 21.7 Å². The summed E-state index contributed by atoms with van der Waals surface area (Å²) < 4.78 is 14.0. The van der Waals surface area contributed by atoms with Crippen LogP contribution in [0.15, 0.2) is 0 Å². The van der Waals surface area contributed by atoms with Crippen molar-refractivity contribution in [3.8, 4) is 0 Å². The molecule has 0 saturated carbocycles. The molecule has 1 atom stereocenters. The van der Waals surface area contributed by atoms with Crippen molar-refractivity contribution in [2.75, 3.05) is 27.3 Å². The molecule has 0 amide bonds. The van der Waals surface area contributed by atoms with Crippen LogP contribution in [0.2, 0.25) is 5.54 Å². The van der Waals surface area contributed by atoms with E-state index in [1.807, 2.05) is 0 Å². The van der Waals surface area contributed by atoms with Gasteiger partial charge in [0.1, 0.15) is 0 Å². The lowest BCUT2D eigenvalue weighted by Crippen LogP contribution is -2.57. The van der Waals surface area contributed by atoms with Crippen LogP contribution in [-0.4, -0.2) is 40.6 Å². The molecule has 0 aromatic rings. The van der Waals surface area contributed by atoms with Crippen molar-refractivity contribution in [3.63, 3.8) is 0 Å². The lowest BCUT2D eigenvalue weighted by molar-refractivity contribution is 0.153. The Kier molecular flexibility index (Phi) is 3.98. The number of nitrogens with zero attached hydrogens (tertiary/aromatic N) is 1. The van der Waals surface area contributed by atoms with E-state index in [-0.39, 0.29) is 0 Å². The van der Waals surface area contributed by atoms with Crippen LogP contribution < -0.4 is 0 Å². The first-order valence-corrected chi connectivity index (χ1v) is 7.55. The standard InChI is InChI=1S/C11H25NO2Si/c1-10-7-8-12(9-11(2,3)4)15(10,13-5)14-6/h10H,7-9H2,1-6H3. The van der Waals surface area contributed by atoms with Crippen molar-refractivity contribution in [1.29, 1.82) is 0 Å². The van der Waals surface area contributed by atoms with E-state index >= 15 is 0 Å². The number of hydrogen-bond acceptors (Lipinski definition) is 3. The summed E-state index contributed by atoms with van der Waals surface area (Å²) in [6.07, 6.45) is 1.20. The fraction of sp³-hybridized carbons (Fsp3) is 1.00. The summed E-state index contributed by atoms with van der Waals surface area (Å²) in [5, 5.41) is 0. The van der Waals surface area contributed by atoms with Gasteiger partial charge in [-0.15, -0.1) is 0 Å². The highest BCUT2D eigenvalue weighted by Crippen LogP contribution is 2.38. The van der Waals surface area contributed by atoms with Crippen LogP contribution in [0.3, 0.4) is 0 Å². The summed E-state index contributed by atoms with van der Waals surface area (Å²) in [7, 11) is 1.51. The molecule has 0 spiro atoms. The molecule has 0 bridgehead atoms. The molecule has 1 saturated heterocycles. The Hall–Kier alpha value is 0.0969. The molecule has 4 heteroatoms. The Morgan fingerprint density at radius 2 is 1.80 bits per heavy atom. The number of hydrogen-bond donors (Lipinski definition) is 0. The third-order valence-corrected chi connectivity index (χ3v) is 7.11. The summed E-state index contributed by atoms with van der Waals surface area (Å²) in [5.74, 6) is 0. The lowest BCUT2D eigenvalue weighted by atomic mass is 9.97. The maximum absolute atomic E-state index is 5.76. The van der Waals surface area contributed by atoms with E-state index in [2.05, 4.69) is 32.3 Å². The Bertz CT molecular complexity index is 211. The molecule has 15 heavy (non-hydrogen) atoms.